The smallest absolute Gasteiger partial charge is 0.237 e. The highest BCUT2D eigenvalue weighted by molar-refractivity contribution is 7.13. The maximum Gasteiger partial charge on any atom is 0.237 e. The van der Waals surface area contributed by atoms with E-state index in [0.29, 0.717) is 5.92 Å². The molecule has 4 atom stereocenters. The Morgan fingerprint density at radius 2 is 2.06 bits per heavy atom. The molecular weight excluding hydrogens is 219 g/mol. The zero-order valence-corrected chi connectivity index (χ0v) is 10.5. The number of piperidine rings is 1. The van der Waals surface area contributed by atoms with Gasteiger partial charge in [0.15, 0.2) is 0 Å². The van der Waals surface area contributed by atoms with Gasteiger partial charge in [-0.3, -0.25) is 9.88 Å². The van der Waals surface area contributed by atoms with Gasteiger partial charge in [-0.15, -0.1) is 0 Å². The molecule has 86 valence electrons. The summed E-state index contributed by atoms with van der Waals surface area (Å²) in [6.07, 6.45) is 0.848. The Bertz CT molecular complexity index is 369. The molecule has 0 radical (unpaired) electrons. The van der Waals surface area contributed by atoms with E-state index in [1.54, 1.807) is 0 Å². The lowest BCUT2D eigenvalue weighted by atomic mass is 9.83. The summed E-state index contributed by atoms with van der Waals surface area (Å²) in [6.45, 7) is 2.06. The molecular formula is C12H17N2OP. The van der Waals surface area contributed by atoms with Crippen LogP contribution in [0, 0.1) is 0 Å². The minimum Gasteiger partial charge on any atom is -0.352 e. The first kappa shape index (κ1) is 11.6. The number of nitrogens with one attached hydrogen (secondary N) is 2. The molecule has 1 saturated heterocycles. The summed E-state index contributed by atoms with van der Waals surface area (Å²) in [7, 11) is 2.42. The highest BCUT2D eigenvalue weighted by Crippen LogP contribution is 2.28. The number of rotatable bonds is 2. The van der Waals surface area contributed by atoms with E-state index in [1.165, 1.54) is 5.56 Å². The molecule has 0 aliphatic carbocycles. The third-order valence-electron chi connectivity index (χ3n) is 3.21. The fourth-order valence-electron chi connectivity index (χ4n) is 2.26. The van der Waals surface area contributed by atoms with Gasteiger partial charge in [0.25, 0.3) is 0 Å². The molecule has 1 unspecified atom stereocenters. The maximum atomic E-state index is 11.6. The van der Waals surface area contributed by atoms with E-state index in [-0.39, 0.29) is 18.0 Å². The molecule has 4 heteroatoms. The van der Waals surface area contributed by atoms with Crippen LogP contribution in [0.4, 0.5) is 0 Å². The molecule has 1 heterocycles. The summed E-state index contributed by atoms with van der Waals surface area (Å²) in [5.74, 6) is 0.478. The van der Waals surface area contributed by atoms with Crippen LogP contribution in [0.15, 0.2) is 30.3 Å². The first-order chi connectivity index (χ1) is 7.72. The highest BCUT2D eigenvalue weighted by Gasteiger charge is 2.32. The molecule has 1 amide bonds. The zero-order chi connectivity index (χ0) is 11.5. The number of carbonyl (C=O) groups is 1. The standard InChI is InChI=1S/C12H17N2OP/c1-8-10(9-5-3-2-4-6-9)7-11(14-16)12(15)13-8/h2-6,8,10-11,14H,7,16H2,1H3,(H,13,15)/t8-,10-,11+/m1/s1. The second-order valence-electron chi connectivity index (χ2n) is 4.27. The lowest BCUT2D eigenvalue weighted by Crippen LogP contribution is -2.52. The van der Waals surface area contributed by atoms with Crippen molar-refractivity contribution in [2.45, 2.75) is 31.3 Å². The molecule has 2 N–H and O–H groups in total. The van der Waals surface area contributed by atoms with E-state index < -0.39 is 0 Å². The fourth-order valence-corrected chi connectivity index (χ4v) is 2.55. The lowest BCUT2D eigenvalue weighted by Gasteiger charge is -2.34. The maximum absolute atomic E-state index is 11.6. The van der Waals surface area contributed by atoms with Gasteiger partial charge >= 0.3 is 0 Å². The van der Waals surface area contributed by atoms with Crippen molar-refractivity contribution in [1.29, 1.82) is 0 Å². The van der Waals surface area contributed by atoms with Crippen LogP contribution in [0.5, 0.6) is 0 Å². The highest BCUT2D eigenvalue weighted by atomic mass is 31.0. The summed E-state index contributed by atoms with van der Waals surface area (Å²) in [4.78, 5) is 11.6. The van der Waals surface area contributed by atoms with Gasteiger partial charge in [-0.1, -0.05) is 39.7 Å². The van der Waals surface area contributed by atoms with Gasteiger partial charge in [-0.05, 0) is 18.9 Å². The minimum atomic E-state index is -0.105. The first-order valence-corrected chi connectivity index (χ1v) is 6.11. The van der Waals surface area contributed by atoms with Crippen molar-refractivity contribution < 1.29 is 4.79 Å². The summed E-state index contributed by atoms with van der Waals surface area (Å²) < 4.78 is 0. The van der Waals surface area contributed by atoms with Crippen LogP contribution >= 0.6 is 9.39 Å². The molecule has 1 fully saturated rings. The number of benzene rings is 1. The monoisotopic (exact) mass is 236 g/mol. The molecule has 3 nitrogen and oxygen atoms in total. The third kappa shape index (κ3) is 2.26. The summed E-state index contributed by atoms with van der Waals surface area (Å²) in [5.41, 5.74) is 1.29. The van der Waals surface area contributed by atoms with Crippen molar-refractivity contribution in [1.82, 2.24) is 10.4 Å². The van der Waals surface area contributed by atoms with Crippen LogP contribution in [0.3, 0.4) is 0 Å². The SMILES string of the molecule is C[C@H]1NC(=O)[C@@H](NP)C[C@H]1c1ccccc1. The number of hydrogen-bond donors (Lipinski definition) is 2. The average Bonchev–Trinajstić information content (AvgIpc) is 2.30. The van der Waals surface area contributed by atoms with Crippen LogP contribution in [-0.2, 0) is 4.79 Å². The normalized spacial score (nSPS) is 29.9. The fraction of sp³-hybridized carbons (Fsp3) is 0.417. The van der Waals surface area contributed by atoms with Crippen LogP contribution in [-0.4, -0.2) is 18.0 Å². The second kappa shape index (κ2) is 4.94. The molecule has 1 aromatic carbocycles. The Balaban J connectivity index is 2.18. The van der Waals surface area contributed by atoms with E-state index >= 15 is 0 Å². The number of carbonyl (C=O) groups excluding carboxylic acids is 1. The topological polar surface area (TPSA) is 41.1 Å². The van der Waals surface area contributed by atoms with Gasteiger partial charge in [0.05, 0.1) is 6.04 Å². The van der Waals surface area contributed by atoms with E-state index in [4.69, 9.17) is 0 Å². The minimum absolute atomic E-state index is 0.0923. The largest absolute Gasteiger partial charge is 0.352 e. The summed E-state index contributed by atoms with van der Waals surface area (Å²) in [5, 5.41) is 5.99. The van der Waals surface area contributed by atoms with Gasteiger partial charge in [0, 0.05) is 12.0 Å². The molecule has 1 aliphatic rings. The quantitative estimate of drug-likeness (QED) is 0.763. The van der Waals surface area contributed by atoms with Crippen molar-refractivity contribution in [3.63, 3.8) is 0 Å². The molecule has 0 aromatic heterocycles. The van der Waals surface area contributed by atoms with Gasteiger partial charge in [0.2, 0.25) is 5.91 Å². The predicted octanol–water partition coefficient (Wildman–Crippen LogP) is 1.43. The van der Waals surface area contributed by atoms with Crippen molar-refractivity contribution >= 4 is 15.3 Å². The predicted molar refractivity (Wildman–Crippen MR) is 68.0 cm³/mol. The second-order valence-corrected chi connectivity index (χ2v) is 4.60. The third-order valence-corrected chi connectivity index (χ3v) is 3.61. The van der Waals surface area contributed by atoms with Crippen LogP contribution in [0.25, 0.3) is 0 Å². The molecule has 1 aliphatic heterocycles. The van der Waals surface area contributed by atoms with E-state index in [1.807, 2.05) is 18.2 Å². The van der Waals surface area contributed by atoms with Crippen LogP contribution in [0.1, 0.15) is 24.8 Å². The van der Waals surface area contributed by atoms with Crippen molar-refractivity contribution in [2.75, 3.05) is 0 Å². The number of hydrogen-bond acceptors (Lipinski definition) is 2. The van der Waals surface area contributed by atoms with Crippen molar-refractivity contribution in [3.05, 3.63) is 35.9 Å². The lowest BCUT2D eigenvalue weighted by molar-refractivity contribution is -0.125. The van der Waals surface area contributed by atoms with Crippen LogP contribution < -0.4 is 10.4 Å². The first-order valence-electron chi connectivity index (χ1n) is 5.54. The van der Waals surface area contributed by atoms with Crippen molar-refractivity contribution in [2.24, 2.45) is 0 Å². The Hall–Kier alpha value is -0.920. The molecule has 0 saturated carbocycles. The zero-order valence-electron chi connectivity index (χ0n) is 9.31. The van der Waals surface area contributed by atoms with Gasteiger partial charge in [-0.25, -0.2) is 0 Å². The Morgan fingerprint density at radius 3 is 2.69 bits per heavy atom. The summed E-state index contributed by atoms with van der Waals surface area (Å²) in [6, 6.07) is 10.4. The molecule has 0 spiro atoms. The van der Waals surface area contributed by atoms with Gasteiger partial charge in [-0.2, -0.15) is 0 Å². The molecule has 1 aromatic rings. The molecule has 2 rings (SSSR count). The van der Waals surface area contributed by atoms with E-state index in [9.17, 15) is 4.79 Å². The van der Waals surface area contributed by atoms with Crippen molar-refractivity contribution in [3.8, 4) is 0 Å². The summed E-state index contributed by atoms with van der Waals surface area (Å²) >= 11 is 0. The Kier molecular flexibility index (Phi) is 3.57. The van der Waals surface area contributed by atoms with E-state index in [2.05, 4.69) is 38.9 Å². The Labute approximate surface area is 98.3 Å². The Morgan fingerprint density at radius 1 is 1.38 bits per heavy atom. The average molecular weight is 236 g/mol. The van der Waals surface area contributed by atoms with E-state index in [0.717, 1.165) is 6.42 Å². The van der Waals surface area contributed by atoms with Gasteiger partial charge in [0.1, 0.15) is 0 Å². The van der Waals surface area contributed by atoms with Gasteiger partial charge < -0.3 is 5.32 Å². The molecule has 0 bridgehead atoms. The van der Waals surface area contributed by atoms with Crippen LogP contribution in [0.2, 0.25) is 0 Å². The molecule has 16 heavy (non-hydrogen) atoms. The number of amides is 1.